The van der Waals surface area contributed by atoms with Gasteiger partial charge in [-0.2, -0.15) is 10.4 Å². The minimum Gasteiger partial charge on any atom is -0.496 e. The Hall–Kier alpha value is -3.71. The van der Waals surface area contributed by atoms with Gasteiger partial charge >= 0.3 is 0 Å². The lowest BCUT2D eigenvalue weighted by Crippen LogP contribution is -2.26. The van der Waals surface area contributed by atoms with Crippen LogP contribution >= 0.6 is 0 Å². The summed E-state index contributed by atoms with van der Waals surface area (Å²) in [6.45, 7) is 1.22. The summed E-state index contributed by atoms with van der Waals surface area (Å²) in [5.41, 5.74) is 1.23. The molecule has 31 heavy (non-hydrogen) atoms. The Labute approximate surface area is 178 Å². The van der Waals surface area contributed by atoms with E-state index in [2.05, 4.69) is 30.8 Å². The van der Waals surface area contributed by atoms with E-state index in [4.69, 9.17) is 14.7 Å². The Kier molecular flexibility index (Phi) is 5.68. The van der Waals surface area contributed by atoms with Crippen LogP contribution in [0.15, 0.2) is 30.6 Å². The van der Waals surface area contributed by atoms with Crippen molar-refractivity contribution in [2.45, 2.75) is 12.8 Å². The smallest absolute Gasteiger partial charge is 0.168 e. The van der Waals surface area contributed by atoms with Gasteiger partial charge in [-0.1, -0.05) is 0 Å². The van der Waals surface area contributed by atoms with Gasteiger partial charge in [0.05, 0.1) is 37.4 Å². The van der Waals surface area contributed by atoms with E-state index in [1.54, 1.807) is 12.1 Å². The summed E-state index contributed by atoms with van der Waals surface area (Å²) in [6.07, 6.45) is 4.87. The van der Waals surface area contributed by atoms with Gasteiger partial charge in [0, 0.05) is 18.0 Å². The van der Waals surface area contributed by atoms with Crippen molar-refractivity contribution < 1.29 is 13.9 Å². The van der Waals surface area contributed by atoms with Crippen LogP contribution in [-0.4, -0.2) is 47.5 Å². The molecular weight excluding hydrogens is 401 g/mol. The van der Waals surface area contributed by atoms with Crippen LogP contribution in [0.5, 0.6) is 11.5 Å². The number of aromatic nitrogens is 4. The molecule has 0 aliphatic heterocycles. The van der Waals surface area contributed by atoms with Crippen molar-refractivity contribution in [1.82, 2.24) is 25.5 Å². The predicted octanol–water partition coefficient (Wildman–Crippen LogP) is 3.01. The normalized spacial score (nSPS) is 14.0. The first kappa shape index (κ1) is 20.6. The molecular formula is C21H22FN7O2. The van der Waals surface area contributed by atoms with Gasteiger partial charge in [-0.25, -0.2) is 14.4 Å². The topological polar surface area (TPSA) is 121 Å². The van der Waals surface area contributed by atoms with Gasteiger partial charge in [-0.3, -0.25) is 5.10 Å². The van der Waals surface area contributed by atoms with Gasteiger partial charge in [0.2, 0.25) is 0 Å². The van der Waals surface area contributed by atoms with E-state index >= 15 is 0 Å². The number of benzene rings is 1. The van der Waals surface area contributed by atoms with Crippen molar-refractivity contribution in [3.8, 4) is 28.8 Å². The van der Waals surface area contributed by atoms with Gasteiger partial charge in [0.1, 0.15) is 17.6 Å². The molecule has 1 aliphatic rings. The van der Waals surface area contributed by atoms with E-state index in [0.29, 0.717) is 35.2 Å². The quantitative estimate of drug-likeness (QED) is 0.480. The molecule has 0 spiro atoms. The third kappa shape index (κ3) is 4.41. The maximum absolute atomic E-state index is 14.8. The van der Waals surface area contributed by atoms with Gasteiger partial charge in [0.15, 0.2) is 23.1 Å². The van der Waals surface area contributed by atoms with Crippen LogP contribution in [0.1, 0.15) is 18.5 Å². The summed E-state index contributed by atoms with van der Waals surface area (Å²) in [7, 11) is 3.42. The molecule has 1 aromatic carbocycles. The molecule has 1 fully saturated rings. The fourth-order valence-electron chi connectivity index (χ4n) is 3.35. The summed E-state index contributed by atoms with van der Waals surface area (Å²) in [5, 5.41) is 22.1. The van der Waals surface area contributed by atoms with Crippen molar-refractivity contribution in [3.05, 3.63) is 42.1 Å². The van der Waals surface area contributed by atoms with Crippen LogP contribution in [0.3, 0.4) is 0 Å². The second-order valence-corrected chi connectivity index (χ2v) is 7.46. The zero-order chi connectivity index (χ0) is 21.8. The Balaban J connectivity index is 1.61. The minimum atomic E-state index is -0.474. The second kappa shape index (κ2) is 8.57. The molecule has 3 N–H and O–H groups in total. The van der Waals surface area contributed by atoms with Gasteiger partial charge < -0.3 is 20.1 Å². The van der Waals surface area contributed by atoms with Gasteiger partial charge in [0.25, 0.3) is 0 Å². The van der Waals surface area contributed by atoms with E-state index in [-0.39, 0.29) is 16.9 Å². The number of rotatable bonds is 9. The first-order valence-electron chi connectivity index (χ1n) is 9.76. The summed E-state index contributed by atoms with van der Waals surface area (Å²) < 4.78 is 26.2. The van der Waals surface area contributed by atoms with E-state index < -0.39 is 5.82 Å². The summed E-state index contributed by atoms with van der Waals surface area (Å²) >= 11 is 0. The molecule has 0 unspecified atom stereocenters. The maximum atomic E-state index is 14.8. The molecule has 3 aromatic rings. The van der Waals surface area contributed by atoms with E-state index in [1.165, 1.54) is 25.6 Å². The highest BCUT2D eigenvalue weighted by atomic mass is 19.1. The number of hydrogen-bond donors (Lipinski definition) is 3. The Bertz CT molecular complexity index is 1100. The van der Waals surface area contributed by atoms with Crippen molar-refractivity contribution in [3.63, 3.8) is 0 Å². The number of aromatic amines is 1. The van der Waals surface area contributed by atoms with Crippen LogP contribution in [-0.2, 0) is 0 Å². The van der Waals surface area contributed by atoms with Gasteiger partial charge in [-0.15, -0.1) is 0 Å². The monoisotopic (exact) mass is 423 g/mol. The van der Waals surface area contributed by atoms with E-state index in [9.17, 15) is 4.39 Å². The molecule has 1 saturated carbocycles. The van der Waals surface area contributed by atoms with Crippen molar-refractivity contribution in [2.75, 3.05) is 32.6 Å². The summed E-state index contributed by atoms with van der Waals surface area (Å²) in [4.78, 5) is 8.07. The lowest BCUT2D eigenvalue weighted by atomic mass is 10.1. The number of ether oxygens (including phenoxy) is 2. The zero-order valence-electron chi connectivity index (χ0n) is 17.2. The van der Waals surface area contributed by atoms with E-state index in [1.807, 2.05) is 13.1 Å². The number of H-pyrrole nitrogens is 1. The Morgan fingerprint density at radius 1 is 1.26 bits per heavy atom. The summed E-state index contributed by atoms with van der Waals surface area (Å²) in [6, 6.07) is 6.50. The molecule has 2 aromatic heterocycles. The third-order valence-electron chi connectivity index (χ3n) is 5.19. The second-order valence-electron chi connectivity index (χ2n) is 7.46. The molecule has 1 aliphatic carbocycles. The highest BCUT2D eigenvalue weighted by Crippen LogP contribution is 2.47. The van der Waals surface area contributed by atoms with Crippen LogP contribution in [0.25, 0.3) is 11.3 Å². The average Bonchev–Trinajstić information content (AvgIpc) is 3.40. The highest BCUT2D eigenvalue weighted by molar-refractivity contribution is 5.76. The zero-order valence-corrected chi connectivity index (χ0v) is 17.2. The molecule has 0 saturated heterocycles. The summed E-state index contributed by atoms with van der Waals surface area (Å²) in [5.74, 6) is 0.971. The number of methoxy groups -OCH3 is 1. The number of halogens is 1. The first-order chi connectivity index (χ1) is 15.1. The van der Waals surface area contributed by atoms with Crippen molar-refractivity contribution >= 4 is 11.6 Å². The highest BCUT2D eigenvalue weighted by Gasteiger charge is 2.43. The number of nitriles is 1. The minimum absolute atomic E-state index is 0.0382. The largest absolute Gasteiger partial charge is 0.496 e. The number of anilines is 2. The third-order valence-corrected chi connectivity index (χ3v) is 5.19. The molecule has 4 rings (SSSR count). The standard InChI is InChI=1S/C21H22FN7O2/c1-24-11-21(5-6-21)12-31-20-14(22)3-4-16(30-2)19(20)15-7-17(29-28-15)27-18-10-25-13(8-23)9-26-18/h3-4,7,9-10,24H,5-6,11-12H2,1-2H3,(H2,26,27,28,29). The molecule has 160 valence electrons. The van der Waals surface area contributed by atoms with Crippen molar-refractivity contribution in [1.29, 1.82) is 5.26 Å². The Morgan fingerprint density at radius 3 is 2.74 bits per heavy atom. The van der Waals surface area contributed by atoms with Crippen LogP contribution in [0.4, 0.5) is 16.0 Å². The molecule has 10 heteroatoms. The molecule has 0 radical (unpaired) electrons. The molecule has 0 amide bonds. The van der Waals surface area contributed by atoms with Crippen LogP contribution in [0, 0.1) is 22.6 Å². The number of hydrogen-bond acceptors (Lipinski definition) is 8. The first-order valence-corrected chi connectivity index (χ1v) is 9.76. The average molecular weight is 423 g/mol. The lowest BCUT2D eigenvalue weighted by Gasteiger charge is -2.19. The fourth-order valence-corrected chi connectivity index (χ4v) is 3.35. The fraction of sp³-hybridized carbons (Fsp3) is 0.333. The lowest BCUT2D eigenvalue weighted by molar-refractivity contribution is 0.223. The van der Waals surface area contributed by atoms with E-state index in [0.717, 1.165) is 19.4 Å². The predicted molar refractivity (Wildman–Crippen MR) is 112 cm³/mol. The molecule has 0 atom stereocenters. The molecule has 0 bridgehead atoms. The van der Waals surface area contributed by atoms with Crippen LogP contribution < -0.4 is 20.1 Å². The number of nitrogens with zero attached hydrogens (tertiary/aromatic N) is 4. The number of nitrogens with one attached hydrogen (secondary N) is 3. The van der Waals surface area contributed by atoms with Gasteiger partial charge in [-0.05, 0) is 32.0 Å². The molecule has 9 nitrogen and oxygen atoms in total. The maximum Gasteiger partial charge on any atom is 0.168 e. The Morgan fingerprint density at radius 2 is 2.10 bits per heavy atom. The SMILES string of the molecule is CNCC1(COc2c(F)ccc(OC)c2-c2cc(Nc3cnc(C#N)cn3)n[nH]2)CC1. The van der Waals surface area contributed by atoms with Crippen LogP contribution in [0.2, 0.25) is 0 Å². The molecule has 2 heterocycles. The van der Waals surface area contributed by atoms with Crippen molar-refractivity contribution in [2.24, 2.45) is 5.41 Å².